The highest BCUT2D eigenvalue weighted by molar-refractivity contribution is 5.90. The molecule has 19 heavy (non-hydrogen) atoms. The molecule has 1 rings (SSSR count). The predicted octanol–water partition coefficient (Wildman–Crippen LogP) is 0.453. The summed E-state index contributed by atoms with van der Waals surface area (Å²) in [6, 6.07) is 3.21. The van der Waals surface area contributed by atoms with E-state index in [4.69, 9.17) is 24.5 Å². The molecule has 0 fully saturated rings. The number of hydrogen-bond donors (Lipinski definition) is 2. The van der Waals surface area contributed by atoms with Gasteiger partial charge < -0.3 is 18.6 Å². The fourth-order valence-corrected chi connectivity index (χ4v) is 1.35. The normalized spacial score (nSPS) is 10.6. The molecular formula is C12H20N2O5. The van der Waals surface area contributed by atoms with E-state index < -0.39 is 5.91 Å². The number of nitrogen functional groups attached to an aromatic ring is 1. The Morgan fingerprint density at radius 3 is 2.79 bits per heavy atom. The molecule has 0 bridgehead atoms. The summed E-state index contributed by atoms with van der Waals surface area (Å²) < 4.78 is 20.8. The van der Waals surface area contributed by atoms with Crippen LogP contribution in [0, 0.1) is 0 Å². The minimum absolute atomic E-state index is 0.164. The molecule has 7 heteroatoms. The van der Waals surface area contributed by atoms with Crippen LogP contribution in [0.25, 0.3) is 0 Å². The Morgan fingerprint density at radius 2 is 2.05 bits per heavy atom. The third kappa shape index (κ3) is 6.35. The standard InChI is InChI=1S/C12H20N2O5/c1-16-5-2-6-17-7-8-18-9-10-3-4-11(19-10)12(15)14-13/h3-4H,2,5-9,13H2,1H3,(H,14,15). The second-order valence-electron chi connectivity index (χ2n) is 3.75. The quantitative estimate of drug-likeness (QED) is 0.278. The summed E-state index contributed by atoms with van der Waals surface area (Å²) in [6.45, 7) is 2.62. The lowest BCUT2D eigenvalue weighted by molar-refractivity contribution is 0.0284. The zero-order valence-corrected chi connectivity index (χ0v) is 11.0. The van der Waals surface area contributed by atoms with Gasteiger partial charge in [-0.25, -0.2) is 5.84 Å². The van der Waals surface area contributed by atoms with Crippen LogP contribution in [0.3, 0.4) is 0 Å². The third-order valence-electron chi connectivity index (χ3n) is 2.27. The van der Waals surface area contributed by atoms with Crippen molar-refractivity contribution in [1.82, 2.24) is 5.43 Å². The summed E-state index contributed by atoms with van der Waals surface area (Å²) in [4.78, 5) is 11.1. The highest BCUT2D eigenvalue weighted by Crippen LogP contribution is 2.08. The topological polar surface area (TPSA) is 96.0 Å². The van der Waals surface area contributed by atoms with Crippen molar-refractivity contribution in [3.8, 4) is 0 Å². The molecule has 1 amide bonds. The zero-order chi connectivity index (χ0) is 13.9. The smallest absolute Gasteiger partial charge is 0.300 e. The fourth-order valence-electron chi connectivity index (χ4n) is 1.35. The molecule has 0 unspecified atom stereocenters. The van der Waals surface area contributed by atoms with E-state index in [1.54, 1.807) is 19.2 Å². The highest BCUT2D eigenvalue weighted by atomic mass is 16.5. The molecule has 0 atom stereocenters. The monoisotopic (exact) mass is 272 g/mol. The first-order valence-corrected chi connectivity index (χ1v) is 6.02. The summed E-state index contributed by atoms with van der Waals surface area (Å²) in [6.07, 6.45) is 0.867. The summed E-state index contributed by atoms with van der Waals surface area (Å²) in [5.74, 6) is 5.25. The molecule has 108 valence electrons. The first-order valence-electron chi connectivity index (χ1n) is 6.02. The number of carbonyl (C=O) groups is 1. The summed E-state index contributed by atoms with van der Waals surface area (Å²) in [7, 11) is 1.66. The summed E-state index contributed by atoms with van der Waals surface area (Å²) in [5.41, 5.74) is 1.99. The van der Waals surface area contributed by atoms with Gasteiger partial charge >= 0.3 is 5.91 Å². The van der Waals surface area contributed by atoms with Gasteiger partial charge in [-0.15, -0.1) is 0 Å². The number of methoxy groups -OCH3 is 1. The van der Waals surface area contributed by atoms with E-state index in [9.17, 15) is 4.79 Å². The van der Waals surface area contributed by atoms with Crippen LogP contribution in [-0.4, -0.2) is 39.4 Å². The van der Waals surface area contributed by atoms with E-state index in [2.05, 4.69) is 0 Å². The van der Waals surface area contributed by atoms with Gasteiger partial charge in [0.25, 0.3) is 0 Å². The van der Waals surface area contributed by atoms with Crippen molar-refractivity contribution >= 4 is 5.91 Å². The Labute approximate surface area is 112 Å². The minimum atomic E-state index is -0.465. The maximum Gasteiger partial charge on any atom is 0.300 e. The van der Waals surface area contributed by atoms with Crippen molar-refractivity contribution in [2.75, 3.05) is 33.5 Å². The van der Waals surface area contributed by atoms with Gasteiger partial charge in [0.05, 0.1) is 13.2 Å². The average molecular weight is 272 g/mol. The van der Waals surface area contributed by atoms with E-state index in [0.717, 1.165) is 6.42 Å². The van der Waals surface area contributed by atoms with Gasteiger partial charge in [0.15, 0.2) is 5.76 Å². The lowest BCUT2D eigenvalue weighted by Crippen LogP contribution is -2.29. The molecule has 0 aliphatic rings. The largest absolute Gasteiger partial charge is 0.453 e. The van der Waals surface area contributed by atoms with Crippen molar-refractivity contribution in [1.29, 1.82) is 0 Å². The number of hydrazine groups is 1. The van der Waals surface area contributed by atoms with Crippen LogP contribution < -0.4 is 11.3 Å². The van der Waals surface area contributed by atoms with Crippen LogP contribution in [-0.2, 0) is 20.8 Å². The molecule has 7 nitrogen and oxygen atoms in total. The van der Waals surface area contributed by atoms with Gasteiger partial charge in [-0.05, 0) is 18.6 Å². The Morgan fingerprint density at radius 1 is 1.26 bits per heavy atom. The molecule has 0 aromatic carbocycles. The third-order valence-corrected chi connectivity index (χ3v) is 2.27. The second-order valence-corrected chi connectivity index (χ2v) is 3.75. The molecule has 1 aromatic heterocycles. The second kappa shape index (κ2) is 9.51. The molecule has 0 saturated heterocycles. The first-order chi connectivity index (χ1) is 9.27. The van der Waals surface area contributed by atoms with Gasteiger partial charge in [0, 0.05) is 20.3 Å². The van der Waals surface area contributed by atoms with Gasteiger partial charge in [0.2, 0.25) is 0 Å². The molecule has 0 saturated carbocycles. The number of amides is 1. The van der Waals surface area contributed by atoms with Crippen molar-refractivity contribution in [3.05, 3.63) is 23.7 Å². The van der Waals surface area contributed by atoms with E-state index in [1.165, 1.54) is 0 Å². The van der Waals surface area contributed by atoms with Gasteiger partial charge in [-0.1, -0.05) is 0 Å². The Balaban J connectivity index is 2.06. The predicted molar refractivity (Wildman–Crippen MR) is 67.3 cm³/mol. The van der Waals surface area contributed by atoms with Gasteiger partial charge in [-0.2, -0.15) is 0 Å². The van der Waals surface area contributed by atoms with Crippen LogP contribution in [0.15, 0.2) is 16.5 Å². The number of ether oxygens (including phenoxy) is 3. The lowest BCUT2D eigenvalue weighted by Gasteiger charge is -2.04. The fraction of sp³-hybridized carbons (Fsp3) is 0.583. The van der Waals surface area contributed by atoms with Crippen LogP contribution in [0.2, 0.25) is 0 Å². The van der Waals surface area contributed by atoms with Gasteiger partial charge in [-0.3, -0.25) is 10.2 Å². The number of nitrogens with two attached hydrogens (primary N) is 1. The molecule has 0 aliphatic carbocycles. The van der Waals surface area contributed by atoms with Crippen molar-refractivity contribution in [2.24, 2.45) is 5.84 Å². The van der Waals surface area contributed by atoms with E-state index >= 15 is 0 Å². The maximum atomic E-state index is 11.1. The molecule has 0 aliphatic heterocycles. The van der Waals surface area contributed by atoms with E-state index in [-0.39, 0.29) is 5.76 Å². The number of hydrogen-bond acceptors (Lipinski definition) is 6. The summed E-state index contributed by atoms with van der Waals surface area (Å²) >= 11 is 0. The average Bonchev–Trinajstić information content (AvgIpc) is 2.89. The lowest BCUT2D eigenvalue weighted by atomic mass is 10.4. The zero-order valence-electron chi connectivity index (χ0n) is 11.0. The van der Waals surface area contributed by atoms with Crippen molar-refractivity contribution < 1.29 is 23.4 Å². The number of furan rings is 1. The van der Waals surface area contributed by atoms with Gasteiger partial charge in [0.1, 0.15) is 12.4 Å². The van der Waals surface area contributed by atoms with E-state index in [1.807, 2.05) is 5.43 Å². The Bertz CT molecular complexity index is 367. The molecule has 1 aromatic rings. The highest BCUT2D eigenvalue weighted by Gasteiger charge is 2.09. The minimum Gasteiger partial charge on any atom is -0.453 e. The molecule has 0 spiro atoms. The van der Waals surface area contributed by atoms with Crippen LogP contribution in [0.5, 0.6) is 0 Å². The summed E-state index contributed by atoms with van der Waals surface area (Å²) in [5, 5.41) is 0. The number of nitrogens with one attached hydrogen (secondary N) is 1. The Kier molecular flexibility index (Phi) is 7.83. The van der Waals surface area contributed by atoms with Crippen molar-refractivity contribution in [3.63, 3.8) is 0 Å². The number of rotatable bonds is 10. The number of carbonyl (C=O) groups excluding carboxylic acids is 1. The van der Waals surface area contributed by atoms with Crippen molar-refractivity contribution in [2.45, 2.75) is 13.0 Å². The van der Waals surface area contributed by atoms with Crippen LogP contribution >= 0.6 is 0 Å². The maximum absolute atomic E-state index is 11.1. The molecule has 0 radical (unpaired) electrons. The van der Waals surface area contributed by atoms with Crippen LogP contribution in [0.1, 0.15) is 22.7 Å². The Hall–Kier alpha value is -1.41. The molecular weight excluding hydrogens is 252 g/mol. The first kappa shape index (κ1) is 15.6. The molecule has 3 N–H and O–H groups in total. The SMILES string of the molecule is COCCCOCCOCc1ccc(C(=O)NN)o1. The molecule has 1 heterocycles. The van der Waals surface area contributed by atoms with Crippen LogP contribution in [0.4, 0.5) is 0 Å². The van der Waals surface area contributed by atoms with E-state index in [0.29, 0.717) is 38.8 Å².